The lowest BCUT2D eigenvalue weighted by Gasteiger charge is -2.18. The van der Waals surface area contributed by atoms with Crippen LogP contribution in [0.1, 0.15) is 213 Å². The summed E-state index contributed by atoms with van der Waals surface area (Å²) in [7, 11) is 0. The summed E-state index contributed by atoms with van der Waals surface area (Å²) in [6.07, 6.45) is 45.1. The predicted octanol–water partition coefficient (Wildman–Crippen LogP) is 13.4. The van der Waals surface area contributed by atoms with Gasteiger partial charge in [0.05, 0.1) is 6.42 Å². The van der Waals surface area contributed by atoms with Crippen molar-refractivity contribution in [3.63, 3.8) is 0 Å². The average Bonchev–Trinajstić information content (AvgIpc) is 3.12. The van der Waals surface area contributed by atoms with E-state index in [1.54, 1.807) is 6.08 Å². The van der Waals surface area contributed by atoms with Crippen LogP contribution in [0.15, 0.2) is 36.5 Å². The molecular weight excluding hydrogens is 636 g/mol. The third-order valence-corrected chi connectivity index (χ3v) is 9.16. The van der Waals surface area contributed by atoms with Crippen molar-refractivity contribution in [1.29, 1.82) is 0 Å². The van der Waals surface area contributed by atoms with Crippen molar-refractivity contribution in [2.24, 2.45) is 0 Å². The highest BCUT2D eigenvalue weighted by atomic mass is 16.6. The fraction of sp³-hybridized carbons (Fsp3) is 0.800. The van der Waals surface area contributed by atoms with Crippen LogP contribution in [0.25, 0.3) is 0 Å². The summed E-state index contributed by atoms with van der Waals surface area (Å²) in [6.45, 7) is 6.30. The molecule has 0 aliphatic carbocycles. The number of ether oxygens (including phenoxy) is 3. The Kier molecular flexibility index (Phi) is 38.5. The number of hydrogen-bond donors (Lipinski definition) is 0. The minimum Gasteiger partial charge on any atom is -0.462 e. The molecule has 0 fully saturated rings. The Morgan fingerprint density at radius 3 is 1.27 bits per heavy atom. The van der Waals surface area contributed by atoms with Gasteiger partial charge in [0.1, 0.15) is 13.2 Å². The van der Waals surface area contributed by atoms with Crippen LogP contribution in [0, 0.1) is 0 Å². The van der Waals surface area contributed by atoms with E-state index in [0.717, 1.165) is 64.2 Å². The Morgan fingerprint density at radius 1 is 0.431 bits per heavy atom. The molecule has 1 unspecified atom stereocenters. The van der Waals surface area contributed by atoms with Gasteiger partial charge < -0.3 is 14.2 Å². The SMILES string of the molecule is CC/C=C\CC(=O)OC(COC(=O)CCCCCCC/C=C\C/C=C\CCCCC)COC(=O)CCCCCCCCCCCCCCCCC. The molecule has 0 saturated carbocycles. The van der Waals surface area contributed by atoms with Gasteiger partial charge in [-0.1, -0.05) is 179 Å². The average molecular weight is 717 g/mol. The summed E-state index contributed by atoms with van der Waals surface area (Å²) in [4.78, 5) is 37.1. The molecule has 0 aliphatic heterocycles. The quantitative estimate of drug-likeness (QED) is 0.0274. The van der Waals surface area contributed by atoms with E-state index in [9.17, 15) is 14.4 Å². The van der Waals surface area contributed by atoms with Crippen LogP contribution in [-0.4, -0.2) is 37.2 Å². The summed E-state index contributed by atoms with van der Waals surface area (Å²) < 4.78 is 16.4. The first kappa shape index (κ1) is 48.6. The molecule has 0 radical (unpaired) electrons. The lowest BCUT2D eigenvalue weighted by molar-refractivity contribution is -0.166. The van der Waals surface area contributed by atoms with Crippen LogP contribution < -0.4 is 0 Å². The molecule has 0 rings (SSSR count). The zero-order valence-electron chi connectivity index (χ0n) is 33.6. The van der Waals surface area contributed by atoms with Gasteiger partial charge in [-0.3, -0.25) is 14.4 Å². The number of carbonyl (C=O) groups excluding carboxylic acids is 3. The van der Waals surface area contributed by atoms with Crippen molar-refractivity contribution in [2.75, 3.05) is 13.2 Å². The highest BCUT2D eigenvalue weighted by Crippen LogP contribution is 2.14. The van der Waals surface area contributed by atoms with Gasteiger partial charge in [-0.2, -0.15) is 0 Å². The molecule has 6 heteroatoms. The summed E-state index contributed by atoms with van der Waals surface area (Å²) >= 11 is 0. The van der Waals surface area contributed by atoms with E-state index < -0.39 is 12.1 Å². The molecule has 0 N–H and O–H groups in total. The van der Waals surface area contributed by atoms with Crippen LogP contribution in [-0.2, 0) is 28.6 Å². The molecule has 51 heavy (non-hydrogen) atoms. The van der Waals surface area contributed by atoms with Crippen LogP contribution in [0.3, 0.4) is 0 Å². The highest BCUT2D eigenvalue weighted by molar-refractivity contribution is 5.72. The summed E-state index contributed by atoms with van der Waals surface area (Å²) in [5.41, 5.74) is 0. The number of rotatable bonds is 38. The van der Waals surface area contributed by atoms with E-state index >= 15 is 0 Å². The Hall–Kier alpha value is -2.37. The maximum Gasteiger partial charge on any atom is 0.310 e. The first-order valence-electron chi connectivity index (χ1n) is 21.5. The lowest BCUT2D eigenvalue weighted by atomic mass is 10.0. The second-order valence-electron chi connectivity index (χ2n) is 14.2. The molecule has 0 saturated heterocycles. The molecule has 0 bridgehead atoms. The molecule has 0 aromatic rings. The first-order chi connectivity index (χ1) is 25.0. The van der Waals surface area contributed by atoms with Gasteiger partial charge in [0.2, 0.25) is 0 Å². The minimum absolute atomic E-state index is 0.0994. The van der Waals surface area contributed by atoms with Gasteiger partial charge in [-0.15, -0.1) is 0 Å². The van der Waals surface area contributed by atoms with Crippen LogP contribution >= 0.6 is 0 Å². The number of carbonyl (C=O) groups is 3. The van der Waals surface area contributed by atoms with Gasteiger partial charge in [0, 0.05) is 12.8 Å². The van der Waals surface area contributed by atoms with Crippen LogP contribution in [0.4, 0.5) is 0 Å². The van der Waals surface area contributed by atoms with Crippen molar-refractivity contribution in [3.05, 3.63) is 36.5 Å². The molecule has 0 amide bonds. The third-order valence-electron chi connectivity index (χ3n) is 9.16. The monoisotopic (exact) mass is 717 g/mol. The molecule has 0 aromatic carbocycles. The van der Waals surface area contributed by atoms with Gasteiger partial charge in [0.25, 0.3) is 0 Å². The van der Waals surface area contributed by atoms with E-state index in [0.29, 0.717) is 12.8 Å². The molecule has 6 nitrogen and oxygen atoms in total. The molecule has 296 valence electrons. The minimum atomic E-state index is -0.800. The molecule has 0 spiro atoms. The Bertz CT molecular complexity index is 876. The maximum absolute atomic E-state index is 12.4. The fourth-order valence-electron chi connectivity index (χ4n) is 5.93. The van der Waals surface area contributed by atoms with Gasteiger partial charge in [0.15, 0.2) is 6.10 Å². The van der Waals surface area contributed by atoms with E-state index in [1.807, 2.05) is 13.0 Å². The number of unbranched alkanes of at least 4 members (excludes halogenated alkanes) is 22. The largest absolute Gasteiger partial charge is 0.462 e. The van der Waals surface area contributed by atoms with Crippen molar-refractivity contribution in [1.82, 2.24) is 0 Å². The summed E-state index contributed by atoms with van der Waals surface area (Å²) in [5.74, 6) is -1.03. The van der Waals surface area contributed by atoms with Crippen molar-refractivity contribution >= 4 is 17.9 Å². The second-order valence-corrected chi connectivity index (χ2v) is 14.2. The van der Waals surface area contributed by atoms with Gasteiger partial charge in [-0.25, -0.2) is 0 Å². The Labute approximate surface area is 315 Å². The molecule has 0 heterocycles. The summed E-state index contributed by atoms with van der Waals surface area (Å²) in [5, 5.41) is 0. The van der Waals surface area contributed by atoms with E-state index in [-0.39, 0.29) is 31.6 Å². The Balaban J connectivity index is 4.08. The zero-order valence-corrected chi connectivity index (χ0v) is 33.6. The maximum atomic E-state index is 12.4. The predicted molar refractivity (Wildman–Crippen MR) is 215 cm³/mol. The van der Waals surface area contributed by atoms with Gasteiger partial charge >= 0.3 is 17.9 Å². The van der Waals surface area contributed by atoms with Crippen LogP contribution in [0.2, 0.25) is 0 Å². The second kappa shape index (κ2) is 40.4. The molecule has 0 aromatic heterocycles. The van der Waals surface area contributed by atoms with Crippen molar-refractivity contribution in [3.8, 4) is 0 Å². The molecule has 1 atom stereocenters. The molecular formula is C45H80O6. The van der Waals surface area contributed by atoms with E-state index in [1.165, 1.54) is 109 Å². The normalized spacial score (nSPS) is 12.3. The van der Waals surface area contributed by atoms with Crippen molar-refractivity contribution in [2.45, 2.75) is 219 Å². The Morgan fingerprint density at radius 2 is 0.824 bits per heavy atom. The van der Waals surface area contributed by atoms with Crippen LogP contribution in [0.5, 0.6) is 0 Å². The van der Waals surface area contributed by atoms with Gasteiger partial charge in [-0.05, 0) is 51.4 Å². The number of hydrogen-bond acceptors (Lipinski definition) is 6. The fourth-order valence-corrected chi connectivity index (χ4v) is 5.93. The summed E-state index contributed by atoms with van der Waals surface area (Å²) in [6, 6.07) is 0. The van der Waals surface area contributed by atoms with Crippen molar-refractivity contribution < 1.29 is 28.6 Å². The van der Waals surface area contributed by atoms with E-state index in [4.69, 9.17) is 14.2 Å². The topological polar surface area (TPSA) is 78.9 Å². The lowest BCUT2D eigenvalue weighted by Crippen LogP contribution is -2.30. The highest BCUT2D eigenvalue weighted by Gasteiger charge is 2.19. The first-order valence-corrected chi connectivity index (χ1v) is 21.5. The number of esters is 3. The zero-order chi connectivity index (χ0) is 37.3. The van der Waals surface area contributed by atoms with E-state index in [2.05, 4.69) is 38.2 Å². The smallest absolute Gasteiger partial charge is 0.310 e. The standard InChI is InChI=1S/C45H80O6/c1-4-7-10-12-14-16-18-20-22-24-26-28-30-32-35-37-43(46)49-40-42(51-45(48)39-34-9-6-3)41-50-44(47)38-36-33-31-29-27-25-23-21-19-17-15-13-11-8-5-2/h9,14,16,20,22,34,42H,4-8,10-13,15,17-19,21,23-33,35-41H2,1-3H3/b16-14-,22-20-,34-9-. The number of allylic oxidation sites excluding steroid dienone is 5. The third kappa shape index (κ3) is 38.7. The molecule has 0 aliphatic rings.